The second kappa shape index (κ2) is 11.4. The van der Waals surface area contributed by atoms with E-state index in [9.17, 15) is 26.7 Å². The van der Waals surface area contributed by atoms with E-state index < -0.39 is 32.7 Å². The van der Waals surface area contributed by atoms with Gasteiger partial charge in [-0.1, -0.05) is 0 Å². The molecule has 0 aromatic carbocycles. The second-order valence-corrected chi connectivity index (χ2v) is 14.3. The highest BCUT2D eigenvalue weighted by molar-refractivity contribution is 7.90. The summed E-state index contributed by atoms with van der Waals surface area (Å²) in [6, 6.07) is 4.34. The Hall–Kier alpha value is -4.05. The lowest BCUT2D eigenvalue weighted by molar-refractivity contribution is -0.143. The summed E-state index contributed by atoms with van der Waals surface area (Å²) in [5.74, 6) is 1.15. The fourth-order valence-electron chi connectivity index (χ4n) is 5.65. The van der Waals surface area contributed by atoms with Gasteiger partial charge in [-0.05, 0) is 70.4 Å². The summed E-state index contributed by atoms with van der Waals surface area (Å²) in [6.45, 7) is 3.62. The van der Waals surface area contributed by atoms with Gasteiger partial charge in [0.1, 0.15) is 17.3 Å². The molecule has 0 amide bonds. The van der Waals surface area contributed by atoms with Crippen molar-refractivity contribution < 1.29 is 26.7 Å². The van der Waals surface area contributed by atoms with E-state index in [2.05, 4.69) is 35.8 Å². The van der Waals surface area contributed by atoms with Crippen molar-refractivity contribution in [2.75, 3.05) is 10.6 Å². The Morgan fingerprint density at radius 1 is 1.00 bits per heavy atom. The first kappa shape index (κ1) is 31.0. The summed E-state index contributed by atoms with van der Waals surface area (Å²) < 4.78 is 67.6. The number of aliphatic hydroxyl groups is 1. The molecular weight excluding hydrogens is 611 g/mol. The number of hydrogen-bond donors (Lipinski definition) is 3. The Morgan fingerprint density at radius 2 is 1.73 bits per heavy atom. The highest BCUT2D eigenvalue weighted by Gasteiger charge is 2.38. The van der Waals surface area contributed by atoms with E-state index in [1.807, 2.05) is 13.8 Å². The van der Waals surface area contributed by atoms with Gasteiger partial charge in [0.15, 0.2) is 5.82 Å². The van der Waals surface area contributed by atoms with Gasteiger partial charge in [0.05, 0.1) is 34.5 Å². The molecule has 2 aliphatic carbocycles. The lowest BCUT2D eigenvalue weighted by Crippen LogP contribution is -2.37. The molecule has 4 heterocycles. The lowest BCUT2D eigenvalue weighted by Gasteiger charge is -2.36. The van der Waals surface area contributed by atoms with Gasteiger partial charge in [-0.2, -0.15) is 27.5 Å². The minimum atomic E-state index is -4.57. The second-order valence-electron chi connectivity index (χ2n) is 12.2. The third-order valence-corrected chi connectivity index (χ3v) is 10.4. The molecule has 16 heteroatoms. The van der Waals surface area contributed by atoms with Crippen molar-refractivity contribution in [3.8, 4) is 22.6 Å². The zero-order valence-corrected chi connectivity index (χ0v) is 25.8. The number of anilines is 3. The van der Waals surface area contributed by atoms with Crippen LogP contribution < -0.4 is 10.6 Å². The monoisotopic (exact) mass is 645 g/mol. The Bertz CT molecular complexity index is 1800. The predicted molar refractivity (Wildman–Crippen MR) is 161 cm³/mol. The minimum Gasteiger partial charge on any atom is -0.390 e. The molecule has 2 saturated carbocycles. The normalized spacial score (nSPS) is 19.4. The summed E-state index contributed by atoms with van der Waals surface area (Å²) in [5.41, 5.74) is -0.161. The fraction of sp³-hybridized carbons (Fsp3) is 0.483. The Labute approximate surface area is 258 Å². The maximum Gasteiger partial charge on any atom is 0.433 e. The van der Waals surface area contributed by atoms with Gasteiger partial charge in [-0.25, -0.2) is 23.4 Å². The molecule has 2 fully saturated rings. The number of aryl methyl sites for hydroxylation is 1. The van der Waals surface area contributed by atoms with Crippen LogP contribution in [0.25, 0.3) is 22.6 Å². The van der Waals surface area contributed by atoms with E-state index in [-0.39, 0.29) is 23.5 Å². The number of nitrogens with zero attached hydrogens (tertiary/aromatic N) is 7. The van der Waals surface area contributed by atoms with Crippen LogP contribution >= 0.6 is 0 Å². The summed E-state index contributed by atoms with van der Waals surface area (Å²) in [5, 5.41) is 24.8. The summed E-state index contributed by atoms with van der Waals surface area (Å²) >= 11 is 0. The Balaban J connectivity index is 1.27. The molecule has 0 spiro atoms. The molecule has 0 radical (unpaired) electrons. The zero-order valence-electron chi connectivity index (χ0n) is 25.0. The molecule has 12 nitrogen and oxygen atoms in total. The number of aromatic nitrogens is 7. The molecule has 0 saturated heterocycles. The van der Waals surface area contributed by atoms with Gasteiger partial charge >= 0.3 is 6.18 Å². The first-order valence-corrected chi connectivity index (χ1v) is 16.2. The Kier molecular flexibility index (Phi) is 7.83. The molecule has 0 bridgehead atoms. The SMILES string of the molecule is Cn1nc(-c2cnc(Nc3ccnc(-c4cnn(S(=O)(=O)C5CC5)c4)n3)cc2NC2CCC(C(C)(C)O)CC2)cc1C(F)(F)F. The maximum atomic E-state index is 13.6. The highest BCUT2D eigenvalue weighted by atomic mass is 32.2. The number of hydrogen-bond acceptors (Lipinski definition) is 10. The van der Waals surface area contributed by atoms with Gasteiger partial charge in [0.25, 0.3) is 10.0 Å². The molecule has 240 valence electrons. The first-order valence-electron chi connectivity index (χ1n) is 14.7. The third kappa shape index (κ3) is 6.66. The number of pyridine rings is 1. The van der Waals surface area contributed by atoms with Crippen LogP contribution in [0.4, 0.5) is 30.5 Å². The van der Waals surface area contributed by atoms with Crippen molar-refractivity contribution >= 4 is 27.3 Å². The van der Waals surface area contributed by atoms with Crippen LogP contribution in [0.15, 0.2) is 43.0 Å². The molecule has 2 aliphatic rings. The first-order chi connectivity index (χ1) is 21.2. The van der Waals surface area contributed by atoms with Gasteiger partial charge in [0, 0.05) is 42.8 Å². The van der Waals surface area contributed by atoms with Crippen LogP contribution in [0.3, 0.4) is 0 Å². The van der Waals surface area contributed by atoms with Crippen LogP contribution in [-0.4, -0.2) is 64.3 Å². The molecule has 0 atom stereocenters. The van der Waals surface area contributed by atoms with Crippen LogP contribution in [-0.2, 0) is 23.2 Å². The fourth-order valence-corrected chi connectivity index (χ4v) is 7.13. The van der Waals surface area contributed by atoms with Crippen LogP contribution in [0.5, 0.6) is 0 Å². The van der Waals surface area contributed by atoms with Crippen molar-refractivity contribution in [2.45, 2.75) is 75.4 Å². The average molecular weight is 646 g/mol. The topological polar surface area (TPSA) is 153 Å². The van der Waals surface area contributed by atoms with E-state index in [0.29, 0.717) is 41.3 Å². The minimum absolute atomic E-state index is 0.0255. The van der Waals surface area contributed by atoms with E-state index in [1.54, 1.807) is 12.1 Å². The van der Waals surface area contributed by atoms with Crippen molar-refractivity contribution in [1.29, 1.82) is 0 Å². The largest absolute Gasteiger partial charge is 0.433 e. The van der Waals surface area contributed by atoms with E-state index >= 15 is 0 Å². The van der Waals surface area contributed by atoms with E-state index in [1.165, 1.54) is 31.8 Å². The maximum absolute atomic E-state index is 13.6. The number of rotatable bonds is 9. The average Bonchev–Trinajstić information content (AvgIpc) is 3.58. The summed E-state index contributed by atoms with van der Waals surface area (Å²) in [4.78, 5) is 13.2. The van der Waals surface area contributed by atoms with Gasteiger partial charge in [-0.3, -0.25) is 4.68 Å². The molecule has 0 unspecified atom stereocenters. The van der Waals surface area contributed by atoms with Crippen LogP contribution in [0.2, 0.25) is 0 Å². The van der Waals surface area contributed by atoms with Crippen molar-refractivity contribution in [1.82, 2.24) is 33.9 Å². The zero-order chi connectivity index (χ0) is 32.1. The molecule has 6 rings (SSSR count). The standard InChI is InChI=1S/C29H34F3N9O3S/c1-28(2,42)18-4-6-19(7-5-18)36-22-13-26(34-15-21(22)23-12-24(29(30,31)32)40(3)39-23)37-25-10-11-33-27(38-25)17-14-35-41(16-17)45(43,44)20-8-9-20/h10-16,18-20,42H,4-9H2,1-3H3,(H2,33,34,36,37,38). The smallest absolute Gasteiger partial charge is 0.390 e. The van der Waals surface area contributed by atoms with Crippen molar-refractivity contribution in [2.24, 2.45) is 13.0 Å². The van der Waals surface area contributed by atoms with Gasteiger partial charge < -0.3 is 15.7 Å². The number of halogens is 3. The van der Waals surface area contributed by atoms with Crippen LogP contribution in [0.1, 0.15) is 58.1 Å². The summed E-state index contributed by atoms with van der Waals surface area (Å²) in [7, 11) is -2.29. The van der Waals surface area contributed by atoms with Gasteiger partial charge in [-0.15, -0.1) is 0 Å². The molecule has 3 N–H and O–H groups in total. The van der Waals surface area contributed by atoms with E-state index in [0.717, 1.165) is 40.5 Å². The molecule has 0 aliphatic heterocycles. The lowest BCUT2D eigenvalue weighted by atomic mass is 9.77. The third-order valence-electron chi connectivity index (χ3n) is 8.37. The number of nitrogens with one attached hydrogen (secondary N) is 2. The van der Waals surface area contributed by atoms with Crippen LogP contribution in [0, 0.1) is 5.92 Å². The van der Waals surface area contributed by atoms with E-state index in [4.69, 9.17) is 0 Å². The molecule has 4 aromatic heterocycles. The highest BCUT2D eigenvalue weighted by Crippen LogP contribution is 2.38. The molecule has 45 heavy (non-hydrogen) atoms. The molecular formula is C29H34F3N9O3S. The van der Waals surface area contributed by atoms with Crippen molar-refractivity contribution in [3.63, 3.8) is 0 Å². The molecule has 4 aromatic rings. The Morgan fingerprint density at radius 3 is 2.38 bits per heavy atom. The van der Waals surface area contributed by atoms with Gasteiger partial charge in [0.2, 0.25) is 0 Å². The summed E-state index contributed by atoms with van der Waals surface area (Å²) in [6.07, 6.45) is 5.56. The number of alkyl halides is 3. The van der Waals surface area contributed by atoms with Crippen molar-refractivity contribution in [3.05, 3.63) is 48.7 Å². The quantitative estimate of drug-likeness (QED) is 0.227. The predicted octanol–water partition coefficient (Wildman–Crippen LogP) is 4.98.